The number of anilines is 1. The van der Waals surface area contributed by atoms with Crippen molar-refractivity contribution in [3.05, 3.63) is 70.3 Å². The van der Waals surface area contributed by atoms with Crippen LogP contribution in [-0.2, 0) is 35.3 Å². The lowest BCUT2D eigenvalue weighted by atomic mass is 10.1. The van der Waals surface area contributed by atoms with Gasteiger partial charge in [-0.05, 0) is 61.2 Å². The maximum absolute atomic E-state index is 12.9. The number of amides is 3. The van der Waals surface area contributed by atoms with Crippen LogP contribution in [0.4, 0.5) is 5.69 Å². The van der Waals surface area contributed by atoms with E-state index in [0.29, 0.717) is 23.1 Å². The Morgan fingerprint density at radius 2 is 1.31 bits per heavy atom. The minimum atomic E-state index is -1.59. The van der Waals surface area contributed by atoms with E-state index in [-0.39, 0.29) is 17.7 Å². The fraction of sp³-hybridized carbons (Fsp3) is 0.324. The molecule has 0 saturated heterocycles. The van der Waals surface area contributed by atoms with Gasteiger partial charge in [-0.25, -0.2) is 19.4 Å². The van der Waals surface area contributed by atoms with E-state index >= 15 is 0 Å². The van der Waals surface area contributed by atoms with Crippen LogP contribution in [0.3, 0.4) is 0 Å². The molecule has 18 nitrogen and oxygen atoms in total. The van der Waals surface area contributed by atoms with Gasteiger partial charge in [-0.15, -0.1) is 6.42 Å². The van der Waals surface area contributed by atoms with Gasteiger partial charge in [0, 0.05) is 37.1 Å². The van der Waals surface area contributed by atoms with Gasteiger partial charge in [-0.2, -0.15) is 0 Å². The van der Waals surface area contributed by atoms with Gasteiger partial charge in [-0.1, -0.05) is 12.0 Å². The molecule has 3 amide bonds. The third-order valence-electron chi connectivity index (χ3n) is 7.69. The number of hydrogen-bond acceptors (Lipinski definition) is 10. The zero-order valence-corrected chi connectivity index (χ0v) is 27.5. The van der Waals surface area contributed by atoms with Crippen LogP contribution in [0.15, 0.2) is 53.6 Å². The van der Waals surface area contributed by atoms with Crippen molar-refractivity contribution in [1.82, 2.24) is 25.9 Å². The van der Waals surface area contributed by atoms with Crippen molar-refractivity contribution in [2.45, 2.75) is 63.2 Å². The minimum Gasteiger partial charge on any atom is -0.481 e. The second-order valence-electron chi connectivity index (χ2n) is 11.5. The first-order valence-corrected chi connectivity index (χ1v) is 15.7. The van der Waals surface area contributed by atoms with Gasteiger partial charge in [0.1, 0.15) is 18.1 Å². The summed E-state index contributed by atoms with van der Waals surface area (Å²) in [7, 11) is 0. The molecule has 0 saturated carbocycles. The van der Waals surface area contributed by atoms with Gasteiger partial charge in [0.05, 0.1) is 23.8 Å². The predicted molar refractivity (Wildman–Crippen MR) is 182 cm³/mol. The fourth-order valence-electron chi connectivity index (χ4n) is 4.97. The van der Waals surface area contributed by atoms with E-state index in [1.807, 2.05) is 4.90 Å². The third-order valence-corrected chi connectivity index (χ3v) is 7.69. The lowest BCUT2D eigenvalue weighted by molar-refractivity contribution is -0.144. The van der Waals surface area contributed by atoms with E-state index in [4.69, 9.17) is 16.6 Å². The van der Waals surface area contributed by atoms with Crippen molar-refractivity contribution >= 4 is 58.2 Å². The molecule has 1 aromatic heterocycles. The van der Waals surface area contributed by atoms with Crippen LogP contribution in [0.2, 0.25) is 0 Å². The van der Waals surface area contributed by atoms with Gasteiger partial charge >= 0.3 is 23.9 Å². The number of carboxylic acids is 4. The Labute approximate surface area is 295 Å². The monoisotopic (exact) mass is 720 g/mol. The topological polar surface area (TPSA) is 285 Å². The molecule has 3 aromatic rings. The number of fused-ring (bicyclic) bond motifs is 1. The van der Waals surface area contributed by atoms with Crippen LogP contribution in [0.5, 0.6) is 0 Å². The van der Waals surface area contributed by atoms with Crippen molar-refractivity contribution in [1.29, 1.82) is 0 Å². The van der Waals surface area contributed by atoms with Crippen LogP contribution >= 0.6 is 0 Å². The number of benzene rings is 2. The van der Waals surface area contributed by atoms with Crippen LogP contribution < -0.4 is 26.4 Å². The number of rotatable bonds is 20. The minimum absolute atomic E-state index is 0.0979. The summed E-state index contributed by atoms with van der Waals surface area (Å²) in [5.74, 6) is -5.69. The first-order valence-electron chi connectivity index (χ1n) is 15.7. The number of nitrogens with one attached hydrogen (secondary N) is 4. The molecular formula is C34H36N6O12. The van der Waals surface area contributed by atoms with E-state index in [9.17, 15) is 48.6 Å². The summed E-state index contributed by atoms with van der Waals surface area (Å²) < 4.78 is 0. The fourth-order valence-corrected chi connectivity index (χ4v) is 4.97. The van der Waals surface area contributed by atoms with E-state index in [1.54, 1.807) is 30.3 Å². The SMILES string of the molecule is C#CCN(Cc1ccc2nc[nH]c(=O)c2c1)c1ccc(C(=O)N[C@@H](CCC(=O)N[C@@H](CCC(=O)N[C@@H](CCC(=O)O)C(=O)O)C(=O)O)C(=O)O)cc1. The zero-order valence-electron chi connectivity index (χ0n) is 27.5. The molecule has 3 atom stereocenters. The van der Waals surface area contributed by atoms with Crippen LogP contribution in [-0.4, -0.2) is 96.7 Å². The largest absolute Gasteiger partial charge is 0.481 e. The molecule has 52 heavy (non-hydrogen) atoms. The zero-order chi connectivity index (χ0) is 38.4. The molecule has 0 aliphatic heterocycles. The lowest BCUT2D eigenvalue weighted by Crippen LogP contribution is -2.45. The molecule has 0 aliphatic carbocycles. The highest BCUT2D eigenvalue weighted by Gasteiger charge is 2.26. The number of carbonyl (C=O) groups excluding carboxylic acids is 3. The van der Waals surface area contributed by atoms with Gasteiger partial charge in [-0.3, -0.25) is 24.0 Å². The molecular weight excluding hydrogens is 684 g/mol. The van der Waals surface area contributed by atoms with Gasteiger partial charge < -0.3 is 46.3 Å². The maximum atomic E-state index is 12.9. The quantitative estimate of drug-likeness (QED) is 0.0730. The molecule has 2 aromatic carbocycles. The number of hydrogen-bond donors (Lipinski definition) is 8. The summed E-state index contributed by atoms with van der Waals surface area (Å²) in [6, 6.07) is 6.70. The molecule has 0 aliphatic rings. The summed E-state index contributed by atoms with van der Waals surface area (Å²) in [5, 5.41) is 44.0. The summed E-state index contributed by atoms with van der Waals surface area (Å²) in [6.07, 6.45) is 4.05. The van der Waals surface area contributed by atoms with Crippen molar-refractivity contribution in [3.8, 4) is 12.3 Å². The highest BCUT2D eigenvalue weighted by Crippen LogP contribution is 2.20. The van der Waals surface area contributed by atoms with Crippen LogP contribution in [0.1, 0.15) is 54.4 Å². The highest BCUT2D eigenvalue weighted by atomic mass is 16.4. The normalized spacial score (nSPS) is 12.4. The standard InChI is InChI=1S/C34H36N6O12/c1-2-15-40(17-19-3-8-23-22(16-19)31(46)36-18-35-23)21-6-4-20(5-7-21)30(45)39-26(34(51)52)10-13-28(42)37-24(32(47)48)9-12-27(41)38-25(33(49)50)11-14-29(43)44/h1,3-8,16,18,24-26H,9-15,17H2,(H,37,42)(H,38,41)(H,39,45)(H,43,44)(H,47,48)(H,49,50)(H,51,52)(H,35,36,46)/t24-,25-,26-/m0/s1. The van der Waals surface area contributed by atoms with Gasteiger partial charge in [0.15, 0.2) is 0 Å². The molecule has 3 rings (SSSR count). The molecule has 0 spiro atoms. The Kier molecular flexibility index (Phi) is 14.4. The van der Waals surface area contributed by atoms with E-state index in [1.165, 1.54) is 18.5 Å². The predicted octanol–water partition coefficient (Wildman–Crippen LogP) is 0.310. The highest BCUT2D eigenvalue weighted by molar-refractivity contribution is 5.97. The number of terminal acetylenes is 1. The van der Waals surface area contributed by atoms with Crippen molar-refractivity contribution < 1.29 is 54.0 Å². The van der Waals surface area contributed by atoms with Crippen molar-refractivity contribution in [2.24, 2.45) is 0 Å². The molecule has 1 heterocycles. The molecule has 8 N–H and O–H groups in total. The van der Waals surface area contributed by atoms with E-state index in [2.05, 4.69) is 31.8 Å². The molecule has 0 radical (unpaired) electrons. The Bertz CT molecular complexity index is 1920. The molecule has 274 valence electrons. The molecule has 18 heteroatoms. The van der Waals surface area contributed by atoms with Gasteiger partial charge in [0.25, 0.3) is 11.5 Å². The number of carbonyl (C=O) groups is 7. The maximum Gasteiger partial charge on any atom is 0.326 e. The first-order chi connectivity index (χ1) is 24.7. The number of carboxylic acid groups (broad SMARTS) is 4. The number of H-pyrrole nitrogens is 1. The number of aromatic nitrogens is 2. The van der Waals surface area contributed by atoms with Crippen LogP contribution in [0.25, 0.3) is 10.9 Å². The number of aromatic amines is 1. The summed E-state index contributed by atoms with van der Waals surface area (Å²) in [6.45, 7) is 0.505. The third kappa shape index (κ3) is 12.0. The Hall–Kier alpha value is -6.77. The van der Waals surface area contributed by atoms with Gasteiger partial charge in [0.2, 0.25) is 11.8 Å². The molecule has 0 fully saturated rings. The summed E-state index contributed by atoms with van der Waals surface area (Å²) >= 11 is 0. The smallest absolute Gasteiger partial charge is 0.326 e. The lowest BCUT2D eigenvalue weighted by Gasteiger charge is -2.23. The van der Waals surface area contributed by atoms with Crippen molar-refractivity contribution in [3.63, 3.8) is 0 Å². The average Bonchev–Trinajstić information content (AvgIpc) is 3.09. The Balaban J connectivity index is 1.56. The van der Waals surface area contributed by atoms with Crippen molar-refractivity contribution in [2.75, 3.05) is 11.4 Å². The van der Waals surface area contributed by atoms with E-state index in [0.717, 1.165) is 5.56 Å². The number of nitrogens with zero attached hydrogens (tertiary/aromatic N) is 2. The second kappa shape index (κ2) is 18.8. The van der Waals surface area contributed by atoms with E-state index < -0.39 is 98.2 Å². The summed E-state index contributed by atoms with van der Waals surface area (Å²) in [5.41, 5.74) is 1.74. The molecule has 0 bridgehead atoms. The number of aliphatic carboxylic acids is 4. The first kappa shape index (κ1) is 39.7. The summed E-state index contributed by atoms with van der Waals surface area (Å²) in [4.78, 5) is 104. The molecule has 0 unspecified atom stereocenters. The Morgan fingerprint density at radius 3 is 1.83 bits per heavy atom. The van der Waals surface area contributed by atoms with Crippen LogP contribution in [0, 0.1) is 12.3 Å². The average molecular weight is 721 g/mol. The Morgan fingerprint density at radius 1 is 0.769 bits per heavy atom. The second-order valence-corrected chi connectivity index (χ2v) is 11.5.